The molecule has 3 N–H and O–H groups in total. The van der Waals surface area contributed by atoms with E-state index in [0.717, 1.165) is 36.2 Å². The lowest BCUT2D eigenvalue weighted by atomic mass is 9.88. The maximum absolute atomic E-state index is 12.8. The van der Waals surface area contributed by atoms with E-state index in [2.05, 4.69) is 15.3 Å². The highest BCUT2D eigenvalue weighted by Crippen LogP contribution is 2.33. The zero-order chi connectivity index (χ0) is 17.6. The number of aliphatic hydroxyl groups excluding tert-OH is 1. The van der Waals surface area contributed by atoms with Gasteiger partial charge in [0.2, 0.25) is 5.95 Å². The van der Waals surface area contributed by atoms with Gasteiger partial charge in [-0.05, 0) is 48.2 Å². The minimum absolute atomic E-state index is 0.321. The molecule has 0 amide bonds. The molecule has 0 bridgehead atoms. The van der Waals surface area contributed by atoms with Crippen molar-refractivity contribution in [3.63, 3.8) is 0 Å². The quantitative estimate of drug-likeness (QED) is 0.652. The number of benzene rings is 2. The summed E-state index contributed by atoms with van der Waals surface area (Å²) in [6, 6.07) is 9.25. The summed E-state index contributed by atoms with van der Waals surface area (Å²) in [4.78, 5) is 7.19. The molecule has 1 atom stereocenters. The monoisotopic (exact) mass is 347 g/mol. The van der Waals surface area contributed by atoms with E-state index in [9.17, 15) is 18.3 Å². The van der Waals surface area contributed by atoms with Gasteiger partial charge in [0.1, 0.15) is 0 Å². The van der Waals surface area contributed by atoms with Gasteiger partial charge < -0.3 is 15.4 Å². The molecule has 0 unspecified atom stereocenters. The Kier molecular flexibility index (Phi) is 3.68. The number of fused-ring (bicyclic) bond motifs is 2. The summed E-state index contributed by atoms with van der Waals surface area (Å²) in [5.74, 6) is 0.378. The molecule has 1 aromatic heterocycles. The highest BCUT2D eigenvalue weighted by atomic mass is 19.4. The number of nitrogens with one attached hydrogen (secondary N) is 2. The van der Waals surface area contributed by atoms with Crippen LogP contribution in [0.25, 0.3) is 11.0 Å². The number of anilines is 2. The van der Waals surface area contributed by atoms with Crippen LogP contribution in [0.15, 0.2) is 36.4 Å². The van der Waals surface area contributed by atoms with Crippen LogP contribution in [0.2, 0.25) is 0 Å². The van der Waals surface area contributed by atoms with E-state index in [0.29, 0.717) is 23.4 Å². The van der Waals surface area contributed by atoms with Crippen molar-refractivity contribution >= 4 is 22.7 Å². The fourth-order valence-electron chi connectivity index (χ4n) is 3.26. The number of hydrogen-bond acceptors (Lipinski definition) is 3. The molecule has 7 heteroatoms. The number of nitrogens with zero attached hydrogens (tertiary/aromatic N) is 1. The van der Waals surface area contributed by atoms with Gasteiger partial charge in [-0.15, -0.1) is 0 Å². The zero-order valence-corrected chi connectivity index (χ0v) is 13.2. The van der Waals surface area contributed by atoms with E-state index in [1.54, 1.807) is 0 Å². The predicted octanol–water partition coefficient (Wildman–Crippen LogP) is 4.17. The van der Waals surface area contributed by atoms with Crippen LogP contribution in [0.4, 0.5) is 24.8 Å². The third kappa shape index (κ3) is 3.07. The van der Waals surface area contributed by atoms with E-state index in [-0.39, 0.29) is 6.10 Å². The molecule has 0 aliphatic heterocycles. The minimum atomic E-state index is -4.39. The average molecular weight is 347 g/mol. The molecule has 4 rings (SSSR count). The van der Waals surface area contributed by atoms with E-state index in [1.807, 2.05) is 18.2 Å². The molecule has 0 fully saturated rings. The summed E-state index contributed by atoms with van der Waals surface area (Å²) in [5.41, 5.74) is 3.08. The van der Waals surface area contributed by atoms with Crippen LogP contribution >= 0.6 is 0 Å². The summed E-state index contributed by atoms with van der Waals surface area (Å²) in [7, 11) is 0. The van der Waals surface area contributed by atoms with Crippen molar-refractivity contribution in [3.05, 3.63) is 53.1 Å². The Hall–Kier alpha value is -2.54. The SMILES string of the molecule is O[C@H]1CCc2cccc(Nc3nc4ccc(C(F)(F)F)cc4[nH]3)c2C1. The Balaban J connectivity index is 1.68. The number of H-pyrrole nitrogens is 1. The van der Waals surface area contributed by atoms with Crippen LogP contribution in [0.5, 0.6) is 0 Å². The lowest BCUT2D eigenvalue weighted by Gasteiger charge is -2.23. The van der Waals surface area contributed by atoms with Crippen LogP contribution in [0, 0.1) is 0 Å². The van der Waals surface area contributed by atoms with E-state index in [4.69, 9.17) is 0 Å². The number of aryl methyl sites for hydroxylation is 1. The largest absolute Gasteiger partial charge is 0.416 e. The van der Waals surface area contributed by atoms with Crippen molar-refractivity contribution in [1.29, 1.82) is 0 Å². The first-order valence-corrected chi connectivity index (χ1v) is 8.03. The second-order valence-corrected chi connectivity index (χ2v) is 6.28. The van der Waals surface area contributed by atoms with Crippen molar-refractivity contribution < 1.29 is 18.3 Å². The van der Waals surface area contributed by atoms with Crippen molar-refractivity contribution in [1.82, 2.24) is 9.97 Å². The highest BCUT2D eigenvalue weighted by Gasteiger charge is 2.30. The molecule has 1 heterocycles. The fraction of sp³-hybridized carbons (Fsp3) is 0.278. The van der Waals surface area contributed by atoms with Gasteiger partial charge in [-0.2, -0.15) is 13.2 Å². The molecule has 25 heavy (non-hydrogen) atoms. The fourth-order valence-corrected chi connectivity index (χ4v) is 3.26. The Morgan fingerprint density at radius 3 is 2.84 bits per heavy atom. The molecule has 0 saturated heterocycles. The molecular formula is C18H16F3N3O. The summed E-state index contributed by atoms with van der Waals surface area (Å²) in [6.45, 7) is 0. The highest BCUT2D eigenvalue weighted by molar-refractivity contribution is 5.79. The Labute approximate surface area is 141 Å². The molecule has 0 spiro atoms. The number of aromatic nitrogens is 2. The summed E-state index contributed by atoms with van der Waals surface area (Å²) >= 11 is 0. The van der Waals surface area contributed by atoms with E-state index in [1.165, 1.54) is 11.6 Å². The third-order valence-electron chi connectivity index (χ3n) is 4.52. The van der Waals surface area contributed by atoms with Gasteiger partial charge in [-0.1, -0.05) is 12.1 Å². The van der Waals surface area contributed by atoms with Gasteiger partial charge in [0.15, 0.2) is 0 Å². The van der Waals surface area contributed by atoms with Gasteiger partial charge in [0.05, 0.1) is 22.7 Å². The molecule has 1 aliphatic carbocycles. The number of aromatic amines is 1. The Morgan fingerprint density at radius 2 is 2.04 bits per heavy atom. The number of aliphatic hydroxyl groups is 1. The molecule has 0 saturated carbocycles. The topological polar surface area (TPSA) is 60.9 Å². The third-order valence-corrected chi connectivity index (χ3v) is 4.52. The molecule has 2 aromatic carbocycles. The van der Waals surface area contributed by atoms with Gasteiger partial charge in [-0.25, -0.2) is 4.98 Å². The van der Waals surface area contributed by atoms with Crippen molar-refractivity contribution in [2.45, 2.75) is 31.5 Å². The van der Waals surface area contributed by atoms with E-state index < -0.39 is 11.7 Å². The first-order valence-electron chi connectivity index (χ1n) is 8.03. The minimum Gasteiger partial charge on any atom is -0.393 e. The normalized spacial score (nSPS) is 17.5. The second-order valence-electron chi connectivity index (χ2n) is 6.28. The van der Waals surface area contributed by atoms with Crippen molar-refractivity contribution in [2.24, 2.45) is 0 Å². The first kappa shape index (κ1) is 16.0. The summed E-state index contributed by atoms with van der Waals surface area (Å²) < 4.78 is 38.5. The standard InChI is InChI=1S/C18H16F3N3O/c19-18(20,21)11-5-7-15-16(8-11)24-17(23-15)22-14-3-1-2-10-4-6-12(25)9-13(10)14/h1-3,5,7-8,12,25H,4,6,9H2,(H2,22,23,24)/t12-/m0/s1. The molecule has 4 nitrogen and oxygen atoms in total. The van der Waals surface area contributed by atoms with Crippen molar-refractivity contribution in [2.75, 3.05) is 5.32 Å². The number of imidazole rings is 1. The van der Waals surface area contributed by atoms with E-state index >= 15 is 0 Å². The maximum atomic E-state index is 12.8. The summed E-state index contributed by atoms with van der Waals surface area (Å²) in [6.07, 6.45) is -2.67. The van der Waals surface area contributed by atoms with Crippen LogP contribution in [-0.2, 0) is 19.0 Å². The van der Waals surface area contributed by atoms with Gasteiger partial charge in [0.25, 0.3) is 0 Å². The predicted molar refractivity (Wildman–Crippen MR) is 88.9 cm³/mol. The van der Waals surface area contributed by atoms with Crippen LogP contribution in [0.3, 0.4) is 0 Å². The smallest absolute Gasteiger partial charge is 0.393 e. The number of hydrogen-bond donors (Lipinski definition) is 3. The van der Waals surface area contributed by atoms with Crippen LogP contribution in [0.1, 0.15) is 23.1 Å². The van der Waals surface area contributed by atoms with Crippen LogP contribution < -0.4 is 5.32 Å². The number of halogens is 3. The summed E-state index contributed by atoms with van der Waals surface area (Å²) in [5, 5.41) is 13.1. The average Bonchev–Trinajstić information content (AvgIpc) is 2.96. The second kappa shape index (κ2) is 5.77. The Bertz CT molecular complexity index is 933. The lowest BCUT2D eigenvalue weighted by Crippen LogP contribution is -2.19. The molecule has 1 aliphatic rings. The maximum Gasteiger partial charge on any atom is 0.416 e. The lowest BCUT2D eigenvalue weighted by molar-refractivity contribution is -0.137. The molecule has 130 valence electrons. The van der Waals surface area contributed by atoms with Gasteiger partial charge >= 0.3 is 6.18 Å². The number of alkyl halides is 3. The van der Waals surface area contributed by atoms with Crippen LogP contribution in [-0.4, -0.2) is 21.2 Å². The van der Waals surface area contributed by atoms with Gasteiger partial charge in [-0.3, -0.25) is 0 Å². The van der Waals surface area contributed by atoms with Gasteiger partial charge in [0, 0.05) is 12.1 Å². The molecular weight excluding hydrogens is 331 g/mol. The molecule has 3 aromatic rings. The first-order chi connectivity index (χ1) is 11.9. The zero-order valence-electron chi connectivity index (χ0n) is 13.2. The molecule has 0 radical (unpaired) electrons. The van der Waals surface area contributed by atoms with Crippen molar-refractivity contribution in [3.8, 4) is 0 Å². The number of rotatable bonds is 2. The Morgan fingerprint density at radius 1 is 1.20 bits per heavy atom.